The summed E-state index contributed by atoms with van der Waals surface area (Å²) in [6, 6.07) is 7.58. The lowest BCUT2D eigenvalue weighted by molar-refractivity contribution is 0.414. The predicted molar refractivity (Wildman–Crippen MR) is 57.5 cm³/mol. The molecule has 0 spiro atoms. The molecule has 78 valence electrons. The summed E-state index contributed by atoms with van der Waals surface area (Å²) in [5, 5.41) is 12.2. The number of nitrogens with zero attached hydrogens (tertiary/aromatic N) is 4. The van der Waals surface area contributed by atoms with Crippen molar-refractivity contribution in [1.29, 1.82) is 0 Å². The molecule has 0 radical (unpaired) electrons. The van der Waals surface area contributed by atoms with Crippen molar-refractivity contribution in [3.05, 3.63) is 24.3 Å². The van der Waals surface area contributed by atoms with Gasteiger partial charge in [-0.3, -0.25) is 0 Å². The number of benzene rings is 1. The summed E-state index contributed by atoms with van der Waals surface area (Å²) in [7, 11) is 1.64. The Hall–Kier alpha value is -1.56. The maximum Gasteiger partial charge on any atom is 0.213 e. The van der Waals surface area contributed by atoms with E-state index in [0.717, 1.165) is 16.6 Å². The number of hydrogen-bond acceptors (Lipinski definition) is 5. The lowest BCUT2D eigenvalue weighted by atomic mass is 10.3. The fourth-order valence-corrected chi connectivity index (χ4v) is 1.62. The first kappa shape index (κ1) is 9.97. The van der Waals surface area contributed by atoms with Crippen LogP contribution in [-0.2, 0) is 0 Å². The molecule has 2 rings (SSSR count). The Morgan fingerprint density at radius 1 is 1.27 bits per heavy atom. The molecule has 0 bridgehead atoms. The molecule has 0 amide bonds. The summed E-state index contributed by atoms with van der Waals surface area (Å²) >= 11 is 1.50. The molecule has 0 atom stereocenters. The highest BCUT2D eigenvalue weighted by Gasteiger charge is 2.06. The van der Waals surface area contributed by atoms with Crippen molar-refractivity contribution in [3.63, 3.8) is 0 Å². The maximum absolute atomic E-state index is 5.08. The van der Waals surface area contributed by atoms with E-state index in [2.05, 4.69) is 15.5 Å². The molecule has 2 aromatic rings. The highest BCUT2D eigenvalue weighted by atomic mass is 32.2. The zero-order chi connectivity index (χ0) is 10.7. The first-order chi connectivity index (χ1) is 7.35. The number of methoxy groups -OCH3 is 1. The Morgan fingerprint density at radius 3 is 2.60 bits per heavy atom. The lowest BCUT2D eigenvalue weighted by Gasteiger charge is -2.03. The normalized spacial score (nSPS) is 10.3. The van der Waals surface area contributed by atoms with E-state index >= 15 is 0 Å². The third kappa shape index (κ3) is 1.94. The fourth-order valence-electron chi connectivity index (χ4n) is 1.19. The predicted octanol–water partition coefficient (Wildman–Crippen LogP) is 1.39. The topological polar surface area (TPSA) is 52.8 Å². The van der Waals surface area contributed by atoms with Crippen LogP contribution in [0.5, 0.6) is 5.75 Å². The maximum atomic E-state index is 5.08. The van der Waals surface area contributed by atoms with Gasteiger partial charge in [0.1, 0.15) is 5.75 Å². The van der Waals surface area contributed by atoms with E-state index in [-0.39, 0.29) is 0 Å². The molecule has 1 heterocycles. The van der Waals surface area contributed by atoms with E-state index in [1.807, 2.05) is 30.5 Å². The molecule has 6 heteroatoms. The van der Waals surface area contributed by atoms with Gasteiger partial charge in [-0.25, -0.2) is 0 Å². The first-order valence-corrected chi connectivity index (χ1v) is 5.54. The van der Waals surface area contributed by atoms with Crippen molar-refractivity contribution >= 4 is 11.8 Å². The molecule has 0 fully saturated rings. The van der Waals surface area contributed by atoms with Crippen LogP contribution in [0.1, 0.15) is 0 Å². The zero-order valence-corrected chi connectivity index (χ0v) is 9.23. The van der Waals surface area contributed by atoms with Crippen molar-refractivity contribution in [3.8, 4) is 11.4 Å². The van der Waals surface area contributed by atoms with Gasteiger partial charge in [-0.2, -0.15) is 4.68 Å². The summed E-state index contributed by atoms with van der Waals surface area (Å²) in [6.07, 6.45) is 1.94. The Morgan fingerprint density at radius 2 is 2.00 bits per heavy atom. The summed E-state index contributed by atoms with van der Waals surface area (Å²) in [4.78, 5) is 0. The third-order valence-electron chi connectivity index (χ3n) is 1.94. The van der Waals surface area contributed by atoms with Crippen LogP contribution in [0.2, 0.25) is 0 Å². The minimum Gasteiger partial charge on any atom is -0.497 e. The molecule has 0 saturated heterocycles. The van der Waals surface area contributed by atoms with Crippen molar-refractivity contribution < 1.29 is 4.74 Å². The standard InChI is InChI=1S/C9H10N4OS/c1-14-8-5-3-7(4-6-8)13-9(15-2)10-11-12-13/h3-6H,1-2H3. The van der Waals surface area contributed by atoms with E-state index in [1.54, 1.807) is 11.8 Å². The van der Waals surface area contributed by atoms with Crippen molar-refractivity contribution in [2.24, 2.45) is 0 Å². The van der Waals surface area contributed by atoms with Crippen LogP contribution in [0.4, 0.5) is 0 Å². The van der Waals surface area contributed by atoms with E-state index < -0.39 is 0 Å². The van der Waals surface area contributed by atoms with Crippen LogP contribution in [0.15, 0.2) is 29.4 Å². The highest BCUT2D eigenvalue weighted by molar-refractivity contribution is 7.98. The molecule has 5 nitrogen and oxygen atoms in total. The van der Waals surface area contributed by atoms with E-state index in [0.29, 0.717) is 0 Å². The van der Waals surface area contributed by atoms with Gasteiger partial charge < -0.3 is 4.74 Å². The average molecular weight is 222 g/mol. The summed E-state index contributed by atoms with van der Waals surface area (Å²) in [5.74, 6) is 0.817. The number of ether oxygens (including phenoxy) is 1. The number of aromatic nitrogens is 4. The number of tetrazole rings is 1. The highest BCUT2D eigenvalue weighted by Crippen LogP contribution is 2.18. The lowest BCUT2D eigenvalue weighted by Crippen LogP contribution is -1.98. The number of thioether (sulfide) groups is 1. The van der Waals surface area contributed by atoms with E-state index in [4.69, 9.17) is 4.74 Å². The van der Waals surface area contributed by atoms with Crippen LogP contribution >= 0.6 is 11.8 Å². The van der Waals surface area contributed by atoms with Crippen molar-refractivity contribution in [2.45, 2.75) is 5.16 Å². The number of hydrogen-bond donors (Lipinski definition) is 0. The van der Waals surface area contributed by atoms with Crippen LogP contribution in [-0.4, -0.2) is 33.6 Å². The first-order valence-electron chi connectivity index (χ1n) is 4.32. The van der Waals surface area contributed by atoms with E-state index in [1.165, 1.54) is 11.8 Å². The SMILES string of the molecule is COc1ccc(-n2nnnc2SC)cc1. The quantitative estimate of drug-likeness (QED) is 0.735. The molecular weight excluding hydrogens is 212 g/mol. The van der Waals surface area contributed by atoms with Gasteiger partial charge in [-0.1, -0.05) is 11.8 Å². The van der Waals surface area contributed by atoms with Gasteiger partial charge in [0.15, 0.2) is 0 Å². The fraction of sp³-hybridized carbons (Fsp3) is 0.222. The second-order valence-electron chi connectivity index (χ2n) is 2.78. The molecule has 1 aromatic heterocycles. The van der Waals surface area contributed by atoms with Gasteiger partial charge in [0.25, 0.3) is 0 Å². The van der Waals surface area contributed by atoms with Crippen LogP contribution in [0, 0.1) is 0 Å². The summed E-state index contributed by atoms with van der Waals surface area (Å²) in [5.41, 5.74) is 0.921. The van der Waals surface area contributed by atoms with Gasteiger partial charge in [0.05, 0.1) is 12.8 Å². The Bertz CT molecular complexity index is 440. The second-order valence-corrected chi connectivity index (χ2v) is 3.55. The molecule has 1 aromatic carbocycles. The molecule has 0 aliphatic rings. The van der Waals surface area contributed by atoms with Crippen LogP contribution in [0.3, 0.4) is 0 Å². The van der Waals surface area contributed by atoms with Gasteiger partial charge in [0.2, 0.25) is 5.16 Å². The molecule has 0 unspecified atom stereocenters. The van der Waals surface area contributed by atoms with Crippen molar-refractivity contribution in [2.75, 3.05) is 13.4 Å². The van der Waals surface area contributed by atoms with Crippen molar-refractivity contribution in [1.82, 2.24) is 20.2 Å². The van der Waals surface area contributed by atoms with Gasteiger partial charge >= 0.3 is 0 Å². The Kier molecular flexibility index (Phi) is 2.86. The smallest absolute Gasteiger partial charge is 0.213 e. The van der Waals surface area contributed by atoms with Crippen LogP contribution < -0.4 is 4.74 Å². The Labute approximate surface area is 91.4 Å². The molecule has 0 aliphatic carbocycles. The Balaban J connectivity index is 2.37. The monoisotopic (exact) mass is 222 g/mol. The summed E-state index contributed by atoms with van der Waals surface area (Å²) in [6.45, 7) is 0. The summed E-state index contributed by atoms with van der Waals surface area (Å²) < 4.78 is 6.76. The minimum atomic E-state index is 0.764. The van der Waals surface area contributed by atoms with Gasteiger partial charge in [-0.05, 0) is 40.9 Å². The van der Waals surface area contributed by atoms with Crippen LogP contribution in [0.25, 0.3) is 5.69 Å². The molecular formula is C9H10N4OS. The molecule has 15 heavy (non-hydrogen) atoms. The van der Waals surface area contributed by atoms with Gasteiger partial charge in [0, 0.05) is 0 Å². The number of rotatable bonds is 3. The third-order valence-corrected chi connectivity index (χ3v) is 2.56. The molecule has 0 N–H and O–H groups in total. The minimum absolute atomic E-state index is 0.764. The van der Waals surface area contributed by atoms with E-state index in [9.17, 15) is 0 Å². The van der Waals surface area contributed by atoms with Gasteiger partial charge in [-0.15, -0.1) is 5.10 Å². The zero-order valence-electron chi connectivity index (χ0n) is 8.41. The molecule has 0 aliphatic heterocycles. The molecule has 0 saturated carbocycles. The largest absolute Gasteiger partial charge is 0.497 e. The average Bonchev–Trinajstić information content (AvgIpc) is 2.77. The second kappa shape index (κ2) is 4.31.